The van der Waals surface area contributed by atoms with Gasteiger partial charge in [-0.25, -0.2) is 9.97 Å². The molecule has 3 heterocycles. The minimum Gasteiger partial charge on any atom is -0.394 e. The van der Waals surface area contributed by atoms with Gasteiger partial charge in [-0.2, -0.15) is 0 Å². The molecule has 1 aromatic rings. The number of nitrogens with zero attached hydrogens (tertiary/aromatic N) is 4. The van der Waals surface area contributed by atoms with Crippen LogP contribution < -0.4 is 10.2 Å². The van der Waals surface area contributed by atoms with E-state index in [0.29, 0.717) is 12.1 Å². The molecule has 150 valence electrons. The normalized spacial score (nSPS) is 30.6. The van der Waals surface area contributed by atoms with Gasteiger partial charge in [0.25, 0.3) is 0 Å². The quantitative estimate of drug-likeness (QED) is 0.721. The van der Waals surface area contributed by atoms with Crippen LogP contribution in [-0.2, 0) is 0 Å². The average molecular weight is 376 g/mol. The molecule has 3 atom stereocenters. The average Bonchev–Trinajstić information content (AvgIpc) is 3.18. The summed E-state index contributed by atoms with van der Waals surface area (Å²) in [6.07, 6.45) is 10.3. The van der Waals surface area contributed by atoms with Gasteiger partial charge in [-0.15, -0.1) is 0 Å². The highest BCUT2D eigenvalue weighted by atomic mass is 16.3. The SMILES string of the molecule is OCC1CCCN1c1cc(NC2CCN(C3CCCCC3O)CC2)ncn1. The van der Waals surface area contributed by atoms with E-state index in [4.69, 9.17) is 0 Å². The minimum absolute atomic E-state index is 0.146. The fraction of sp³-hybridized carbons (Fsp3) is 0.800. The zero-order valence-electron chi connectivity index (χ0n) is 16.1. The first-order chi connectivity index (χ1) is 13.2. The smallest absolute Gasteiger partial charge is 0.134 e. The van der Waals surface area contributed by atoms with Gasteiger partial charge in [0.15, 0.2) is 0 Å². The Hall–Kier alpha value is -1.44. The van der Waals surface area contributed by atoms with Crippen molar-refractivity contribution >= 4 is 11.6 Å². The summed E-state index contributed by atoms with van der Waals surface area (Å²) in [6.45, 7) is 3.20. The van der Waals surface area contributed by atoms with Gasteiger partial charge in [0.1, 0.15) is 18.0 Å². The van der Waals surface area contributed by atoms with Crippen LogP contribution in [0, 0.1) is 0 Å². The highest BCUT2D eigenvalue weighted by Crippen LogP contribution is 2.28. The predicted molar refractivity (Wildman–Crippen MR) is 106 cm³/mol. The minimum atomic E-state index is -0.146. The Bertz CT molecular complexity index is 608. The van der Waals surface area contributed by atoms with Crippen molar-refractivity contribution in [1.82, 2.24) is 14.9 Å². The second kappa shape index (κ2) is 8.71. The number of hydrogen-bond donors (Lipinski definition) is 3. The van der Waals surface area contributed by atoms with Crippen molar-refractivity contribution in [2.24, 2.45) is 0 Å². The predicted octanol–water partition coefficient (Wildman–Crippen LogP) is 1.62. The van der Waals surface area contributed by atoms with Gasteiger partial charge in [-0.05, 0) is 38.5 Å². The molecular formula is C20H33N5O2. The van der Waals surface area contributed by atoms with Gasteiger partial charge in [-0.3, -0.25) is 4.90 Å². The van der Waals surface area contributed by atoms with Crippen molar-refractivity contribution in [2.75, 3.05) is 36.5 Å². The van der Waals surface area contributed by atoms with E-state index in [2.05, 4.69) is 25.1 Å². The molecule has 3 N–H and O–H groups in total. The van der Waals surface area contributed by atoms with Crippen molar-refractivity contribution in [3.05, 3.63) is 12.4 Å². The summed E-state index contributed by atoms with van der Waals surface area (Å²) >= 11 is 0. The van der Waals surface area contributed by atoms with E-state index in [1.165, 1.54) is 12.8 Å². The van der Waals surface area contributed by atoms with E-state index in [-0.39, 0.29) is 18.8 Å². The first-order valence-electron chi connectivity index (χ1n) is 10.6. The van der Waals surface area contributed by atoms with Crippen molar-refractivity contribution in [3.63, 3.8) is 0 Å². The number of hydrogen-bond acceptors (Lipinski definition) is 7. The summed E-state index contributed by atoms with van der Waals surface area (Å²) in [5.74, 6) is 1.78. The molecule has 1 aromatic heterocycles. The van der Waals surface area contributed by atoms with Gasteiger partial charge in [0.2, 0.25) is 0 Å². The second-order valence-corrected chi connectivity index (χ2v) is 8.31. The molecule has 2 aliphatic heterocycles. The fourth-order valence-electron chi connectivity index (χ4n) is 5.01. The van der Waals surface area contributed by atoms with E-state index in [0.717, 1.165) is 69.8 Å². The lowest BCUT2D eigenvalue weighted by molar-refractivity contribution is 0.00992. The van der Waals surface area contributed by atoms with Crippen LogP contribution in [0.1, 0.15) is 51.4 Å². The monoisotopic (exact) mass is 375 g/mol. The van der Waals surface area contributed by atoms with Crippen LogP contribution >= 0.6 is 0 Å². The molecule has 4 rings (SSSR count). The molecule has 0 spiro atoms. The van der Waals surface area contributed by atoms with Crippen LogP contribution in [-0.4, -0.2) is 75.6 Å². The molecule has 7 heteroatoms. The number of anilines is 2. The number of nitrogens with one attached hydrogen (secondary N) is 1. The molecule has 1 saturated carbocycles. The van der Waals surface area contributed by atoms with E-state index in [1.54, 1.807) is 6.33 Å². The van der Waals surface area contributed by atoms with Crippen molar-refractivity contribution in [3.8, 4) is 0 Å². The lowest BCUT2D eigenvalue weighted by atomic mass is 9.89. The van der Waals surface area contributed by atoms with E-state index in [1.807, 2.05) is 6.07 Å². The second-order valence-electron chi connectivity index (χ2n) is 8.31. The number of aliphatic hydroxyl groups is 2. The highest BCUT2D eigenvalue weighted by Gasteiger charge is 2.31. The topological polar surface area (TPSA) is 84.8 Å². The fourth-order valence-corrected chi connectivity index (χ4v) is 5.01. The van der Waals surface area contributed by atoms with Gasteiger partial charge in [0.05, 0.1) is 18.8 Å². The standard InChI is InChI=1S/C20H33N5O2/c26-13-16-4-3-9-25(16)20-12-19(21-14-22-20)23-15-7-10-24(11-8-15)17-5-1-2-6-18(17)27/h12,14-18,26-27H,1-11,13H2,(H,21,22,23). The number of rotatable bonds is 5. The molecule has 27 heavy (non-hydrogen) atoms. The number of aliphatic hydroxyl groups excluding tert-OH is 2. The lowest BCUT2D eigenvalue weighted by Crippen LogP contribution is -2.50. The van der Waals surface area contributed by atoms with Crippen LogP contribution in [0.2, 0.25) is 0 Å². The van der Waals surface area contributed by atoms with Crippen LogP contribution in [0.15, 0.2) is 12.4 Å². The van der Waals surface area contributed by atoms with Gasteiger partial charge < -0.3 is 20.4 Å². The Kier molecular flexibility index (Phi) is 6.10. The lowest BCUT2D eigenvalue weighted by Gasteiger charge is -2.41. The van der Waals surface area contributed by atoms with E-state index in [9.17, 15) is 10.2 Å². The van der Waals surface area contributed by atoms with E-state index >= 15 is 0 Å². The Balaban J connectivity index is 1.32. The molecule has 0 amide bonds. The molecule has 1 aliphatic carbocycles. The van der Waals surface area contributed by atoms with Crippen molar-refractivity contribution < 1.29 is 10.2 Å². The third-order valence-electron chi connectivity index (χ3n) is 6.58. The van der Waals surface area contributed by atoms with Gasteiger partial charge in [-0.1, -0.05) is 12.8 Å². The molecule has 0 aromatic carbocycles. The Morgan fingerprint density at radius 2 is 1.81 bits per heavy atom. The van der Waals surface area contributed by atoms with Crippen LogP contribution in [0.5, 0.6) is 0 Å². The molecular weight excluding hydrogens is 342 g/mol. The van der Waals surface area contributed by atoms with Crippen LogP contribution in [0.4, 0.5) is 11.6 Å². The maximum atomic E-state index is 10.3. The molecule has 3 fully saturated rings. The molecule has 0 bridgehead atoms. The van der Waals surface area contributed by atoms with E-state index < -0.39 is 0 Å². The molecule has 3 unspecified atom stereocenters. The highest BCUT2D eigenvalue weighted by molar-refractivity contribution is 5.50. The number of likely N-dealkylation sites (tertiary alicyclic amines) is 1. The van der Waals surface area contributed by atoms with Crippen LogP contribution in [0.3, 0.4) is 0 Å². The first-order valence-corrected chi connectivity index (χ1v) is 10.6. The summed E-state index contributed by atoms with van der Waals surface area (Å²) in [4.78, 5) is 13.5. The van der Waals surface area contributed by atoms with Gasteiger partial charge >= 0.3 is 0 Å². The summed E-state index contributed by atoms with van der Waals surface area (Å²) in [5, 5.41) is 23.4. The number of piperidine rings is 1. The summed E-state index contributed by atoms with van der Waals surface area (Å²) in [5.41, 5.74) is 0. The third kappa shape index (κ3) is 4.36. The number of aromatic nitrogens is 2. The third-order valence-corrected chi connectivity index (χ3v) is 6.58. The molecule has 7 nitrogen and oxygen atoms in total. The maximum absolute atomic E-state index is 10.3. The zero-order valence-corrected chi connectivity index (χ0v) is 16.1. The summed E-state index contributed by atoms with van der Waals surface area (Å²) in [6, 6.07) is 2.97. The summed E-state index contributed by atoms with van der Waals surface area (Å²) < 4.78 is 0. The maximum Gasteiger partial charge on any atom is 0.134 e. The molecule has 2 saturated heterocycles. The van der Waals surface area contributed by atoms with Crippen LogP contribution in [0.25, 0.3) is 0 Å². The molecule has 3 aliphatic rings. The largest absolute Gasteiger partial charge is 0.394 e. The Morgan fingerprint density at radius 3 is 2.59 bits per heavy atom. The summed E-state index contributed by atoms with van der Waals surface area (Å²) in [7, 11) is 0. The Labute approximate surface area is 161 Å². The van der Waals surface area contributed by atoms with Crippen molar-refractivity contribution in [2.45, 2.75) is 75.6 Å². The van der Waals surface area contributed by atoms with Gasteiger partial charge in [0, 0.05) is 37.8 Å². The Morgan fingerprint density at radius 1 is 1.00 bits per heavy atom. The first kappa shape index (κ1) is 18.9. The zero-order chi connectivity index (χ0) is 18.6. The molecule has 0 radical (unpaired) electrons. The van der Waals surface area contributed by atoms with Crippen molar-refractivity contribution in [1.29, 1.82) is 0 Å².